The molecule has 1 aliphatic rings. The molecular weight excluding hydrogens is 202 g/mol. The first-order chi connectivity index (χ1) is 7.68. The number of nitrogens with one attached hydrogen (secondary N) is 2. The van der Waals surface area contributed by atoms with Gasteiger partial charge in [-0.25, -0.2) is 0 Å². The number of carbonyl (C=O) groups is 1. The summed E-state index contributed by atoms with van der Waals surface area (Å²) in [7, 11) is 1.92. The minimum atomic E-state index is 0.0318. The zero-order chi connectivity index (χ0) is 11.5. The fourth-order valence-corrected chi connectivity index (χ4v) is 2.08. The lowest BCUT2D eigenvalue weighted by Crippen LogP contribution is -2.45. The van der Waals surface area contributed by atoms with E-state index in [4.69, 9.17) is 0 Å². The molecule has 88 valence electrons. The molecule has 1 unspecified atom stereocenters. The standard InChI is InChI=1S/C12H19N3O/c1-9-5-6-11(15(9)2)12(16)14-10-4-3-7-13-8-10/h5-6,10,13H,3-4,7-8H2,1-2H3,(H,14,16). The average Bonchev–Trinajstić information content (AvgIpc) is 2.61. The summed E-state index contributed by atoms with van der Waals surface area (Å²) in [5.74, 6) is 0.0318. The van der Waals surface area contributed by atoms with E-state index in [9.17, 15) is 4.79 Å². The predicted octanol–water partition coefficient (Wildman–Crippen LogP) is 0.815. The van der Waals surface area contributed by atoms with Crippen LogP contribution in [0.5, 0.6) is 0 Å². The van der Waals surface area contributed by atoms with Crippen LogP contribution in [-0.4, -0.2) is 29.6 Å². The Balaban J connectivity index is 1.99. The molecule has 1 aromatic heterocycles. The fraction of sp³-hybridized carbons (Fsp3) is 0.583. The van der Waals surface area contributed by atoms with Gasteiger partial charge in [-0.2, -0.15) is 0 Å². The predicted molar refractivity (Wildman–Crippen MR) is 63.5 cm³/mol. The van der Waals surface area contributed by atoms with Gasteiger partial charge >= 0.3 is 0 Å². The second kappa shape index (κ2) is 4.70. The highest BCUT2D eigenvalue weighted by Crippen LogP contribution is 2.07. The Morgan fingerprint density at radius 3 is 2.94 bits per heavy atom. The summed E-state index contributed by atoms with van der Waals surface area (Å²) in [6, 6.07) is 4.12. The second-order valence-corrected chi connectivity index (χ2v) is 4.44. The van der Waals surface area contributed by atoms with Crippen molar-refractivity contribution in [3.05, 3.63) is 23.5 Å². The first-order valence-corrected chi connectivity index (χ1v) is 5.82. The molecule has 0 radical (unpaired) electrons. The summed E-state index contributed by atoms with van der Waals surface area (Å²) in [5, 5.41) is 6.36. The van der Waals surface area contributed by atoms with Crippen LogP contribution < -0.4 is 10.6 Å². The summed E-state index contributed by atoms with van der Waals surface area (Å²) in [4.78, 5) is 12.0. The first-order valence-electron chi connectivity index (χ1n) is 5.82. The Hall–Kier alpha value is -1.29. The summed E-state index contributed by atoms with van der Waals surface area (Å²) in [6.45, 7) is 3.95. The highest BCUT2D eigenvalue weighted by Gasteiger charge is 2.17. The van der Waals surface area contributed by atoms with Crippen LogP contribution in [0.15, 0.2) is 12.1 Å². The van der Waals surface area contributed by atoms with E-state index < -0.39 is 0 Å². The van der Waals surface area contributed by atoms with Crippen molar-refractivity contribution >= 4 is 5.91 Å². The van der Waals surface area contributed by atoms with Crippen LogP contribution in [0.2, 0.25) is 0 Å². The summed E-state index contributed by atoms with van der Waals surface area (Å²) < 4.78 is 1.92. The van der Waals surface area contributed by atoms with Gasteiger partial charge in [0, 0.05) is 25.3 Å². The van der Waals surface area contributed by atoms with Crippen LogP contribution in [0.4, 0.5) is 0 Å². The molecule has 0 saturated carbocycles. The van der Waals surface area contributed by atoms with Gasteiger partial charge in [0.05, 0.1) is 0 Å². The molecule has 4 heteroatoms. The number of aryl methyl sites for hydroxylation is 1. The van der Waals surface area contributed by atoms with E-state index in [1.165, 1.54) is 0 Å². The zero-order valence-corrected chi connectivity index (χ0v) is 9.92. The lowest BCUT2D eigenvalue weighted by atomic mass is 10.1. The van der Waals surface area contributed by atoms with Gasteiger partial charge in [-0.1, -0.05) is 0 Å². The van der Waals surface area contributed by atoms with Gasteiger partial charge in [-0.05, 0) is 38.4 Å². The molecule has 0 spiro atoms. The SMILES string of the molecule is Cc1ccc(C(=O)NC2CCCNC2)n1C. The largest absolute Gasteiger partial charge is 0.347 e. The van der Waals surface area contributed by atoms with Crippen molar-refractivity contribution in [2.24, 2.45) is 7.05 Å². The Bertz CT molecular complexity index is 378. The third-order valence-electron chi connectivity index (χ3n) is 3.24. The first kappa shape index (κ1) is 11.2. The Kier molecular flexibility index (Phi) is 3.29. The molecule has 0 aliphatic carbocycles. The molecule has 4 nitrogen and oxygen atoms in total. The van der Waals surface area contributed by atoms with E-state index in [-0.39, 0.29) is 11.9 Å². The maximum atomic E-state index is 12.0. The van der Waals surface area contributed by atoms with Crippen LogP contribution in [0.25, 0.3) is 0 Å². The maximum absolute atomic E-state index is 12.0. The molecule has 2 N–H and O–H groups in total. The maximum Gasteiger partial charge on any atom is 0.268 e. The number of aromatic nitrogens is 1. The van der Waals surface area contributed by atoms with Crippen molar-refractivity contribution < 1.29 is 4.79 Å². The van der Waals surface area contributed by atoms with Crippen LogP contribution in [0.3, 0.4) is 0 Å². The van der Waals surface area contributed by atoms with Crippen molar-refractivity contribution in [2.75, 3.05) is 13.1 Å². The highest BCUT2D eigenvalue weighted by molar-refractivity contribution is 5.93. The molecule has 0 bridgehead atoms. The van der Waals surface area contributed by atoms with Gasteiger partial charge < -0.3 is 15.2 Å². The smallest absolute Gasteiger partial charge is 0.268 e. The van der Waals surface area contributed by atoms with Crippen molar-refractivity contribution in [1.82, 2.24) is 15.2 Å². The zero-order valence-electron chi connectivity index (χ0n) is 9.92. The van der Waals surface area contributed by atoms with E-state index in [1.807, 2.05) is 30.7 Å². The molecular formula is C12H19N3O. The Morgan fingerprint density at radius 1 is 1.56 bits per heavy atom. The van der Waals surface area contributed by atoms with Gasteiger partial charge in [0.2, 0.25) is 0 Å². The van der Waals surface area contributed by atoms with Crippen molar-refractivity contribution in [3.63, 3.8) is 0 Å². The number of hydrogen-bond acceptors (Lipinski definition) is 2. The molecule has 0 aromatic carbocycles. The normalized spacial score (nSPS) is 20.8. The minimum absolute atomic E-state index is 0.0318. The number of piperidine rings is 1. The van der Waals surface area contributed by atoms with E-state index in [0.29, 0.717) is 0 Å². The third-order valence-corrected chi connectivity index (χ3v) is 3.24. The number of rotatable bonds is 2. The molecule has 1 fully saturated rings. The van der Waals surface area contributed by atoms with Crippen molar-refractivity contribution in [1.29, 1.82) is 0 Å². The average molecular weight is 221 g/mol. The van der Waals surface area contributed by atoms with Crippen LogP contribution in [0.1, 0.15) is 29.0 Å². The Morgan fingerprint density at radius 2 is 2.38 bits per heavy atom. The number of nitrogens with zero attached hydrogens (tertiary/aromatic N) is 1. The summed E-state index contributed by atoms with van der Waals surface area (Å²) in [6.07, 6.45) is 2.21. The van der Waals surface area contributed by atoms with E-state index in [0.717, 1.165) is 37.3 Å². The minimum Gasteiger partial charge on any atom is -0.347 e. The summed E-state index contributed by atoms with van der Waals surface area (Å²) >= 11 is 0. The van der Waals surface area contributed by atoms with Gasteiger partial charge in [-0.15, -0.1) is 0 Å². The second-order valence-electron chi connectivity index (χ2n) is 4.44. The quantitative estimate of drug-likeness (QED) is 0.776. The third kappa shape index (κ3) is 2.27. The van der Waals surface area contributed by atoms with Gasteiger partial charge in [0.15, 0.2) is 0 Å². The fourth-order valence-electron chi connectivity index (χ4n) is 2.08. The van der Waals surface area contributed by atoms with Gasteiger partial charge in [0.1, 0.15) is 5.69 Å². The number of hydrogen-bond donors (Lipinski definition) is 2. The van der Waals surface area contributed by atoms with Crippen LogP contribution in [-0.2, 0) is 7.05 Å². The van der Waals surface area contributed by atoms with Gasteiger partial charge in [-0.3, -0.25) is 4.79 Å². The lowest BCUT2D eigenvalue weighted by molar-refractivity contribution is 0.0922. The Labute approximate surface area is 96.0 Å². The van der Waals surface area contributed by atoms with Crippen LogP contribution in [0, 0.1) is 6.92 Å². The number of carbonyl (C=O) groups excluding carboxylic acids is 1. The molecule has 1 aliphatic heterocycles. The molecule has 2 heterocycles. The highest BCUT2D eigenvalue weighted by atomic mass is 16.2. The van der Waals surface area contributed by atoms with Gasteiger partial charge in [0.25, 0.3) is 5.91 Å². The molecule has 1 atom stereocenters. The molecule has 2 rings (SSSR count). The van der Waals surface area contributed by atoms with E-state index in [1.54, 1.807) is 0 Å². The molecule has 16 heavy (non-hydrogen) atoms. The molecule has 1 aromatic rings. The van der Waals surface area contributed by atoms with Crippen molar-refractivity contribution in [2.45, 2.75) is 25.8 Å². The van der Waals surface area contributed by atoms with Crippen molar-refractivity contribution in [3.8, 4) is 0 Å². The van der Waals surface area contributed by atoms with E-state index >= 15 is 0 Å². The molecule has 1 saturated heterocycles. The van der Waals surface area contributed by atoms with Crippen LogP contribution >= 0.6 is 0 Å². The topological polar surface area (TPSA) is 46.1 Å². The lowest BCUT2D eigenvalue weighted by Gasteiger charge is -2.23. The van der Waals surface area contributed by atoms with E-state index in [2.05, 4.69) is 10.6 Å². The number of amides is 1. The molecule has 1 amide bonds. The monoisotopic (exact) mass is 221 g/mol. The summed E-state index contributed by atoms with van der Waals surface area (Å²) in [5.41, 5.74) is 1.84.